The number of carbonyl (C=O) groups excluding carboxylic acids is 2. The molecule has 1 N–H and O–H groups in total. The average Bonchev–Trinajstić information content (AvgIpc) is 2.92. The summed E-state index contributed by atoms with van der Waals surface area (Å²) >= 11 is 0. The van der Waals surface area contributed by atoms with Gasteiger partial charge in [0.05, 0.1) is 10.6 Å². The molecule has 39 heavy (non-hydrogen) atoms. The van der Waals surface area contributed by atoms with Gasteiger partial charge in [-0.3, -0.25) is 13.9 Å². The molecule has 1 atom stereocenters. The van der Waals surface area contributed by atoms with Gasteiger partial charge in [-0.25, -0.2) is 8.42 Å². The van der Waals surface area contributed by atoms with Gasteiger partial charge in [-0.15, -0.1) is 0 Å². The van der Waals surface area contributed by atoms with Crippen LogP contribution in [0.4, 0.5) is 5.69 Å². The van der Waals surface area contributed by atoms with Gasteiger partial charge < -0.3 is 10.2 Å². The van der Waals surface area contributed by atoms with Crippen molar-refractivity contribution < 1.29 is 18.0 Å². The zero-order valence-corrected chi connectivity index (χ0v) is 24.3. The van der Waals surface area contributed by atoms with Crippen LogP contribution in [-0.4, -0.2) is 44.3 Å². The van der Waals surface area contributed by atoms with E-state index in [1.165, 1.54) is 17.0 Å². The number of anilines is 1. The van der Waals surface area contributed by atoms with Crippen molar-refractivity contribution in [2.24, 2.45) is 0 Å². The molecule has 2 amide bonds. The Kier molecular flexibility index (Phi) is 10.3. The highest BCUT2D eigenvalue weighted by Crippen LogP contribution is 2.28. The third kappa shape index (κ3) is 7.69. The van der Waals surface area contributed by atoms with Gasteiger partial charge in [0.25, 0.3) is 10.0 Å². The van der Waals surface area contributed by atoms with Crippen molar-refractivity contribution in [2.45, 2.75) is 64.9 Å². The van der Waals surface area contributed by atoms with Gasteiger partial charge >= 0.3 is 0 Å². The molecule has 208 valence electrons. The third-order valence-corrected chi connectivity index (χ3v) is 8.45. The van der Waals surface area contributed by atoms with Gasteiger partial charge in [0.15, 0.2) is 0 Å². The van der Waals surface area contributed by atoms with Gasteiger partial charge in [0, 0.05) is 13.1 Å². The Labute approximate surface area is 232 Å². The normalized spacial score (nSPS) is 12.0. The lowest BCUT2D eigenvalue weighted by Gasteiger charge is -2.32. The minimum atomic E-state index is -4.08. The van der Waals surface area contributed by atoms with Crippen molar-refractivity contribution in [2.75, 3.05) is 17.4 Å². The first kappa shape index (κ1) is 29.9. The Hall–Kier alpha value is -3.65. The molecule has 0 aliphatic rings. The number of benzene rings is 3. The minimum absolute atomic E-state index is 0.0919. The molecule has 8 heteroatoms. The molecule has 3 rings (SSSR count). The fraction of sp³-hybridized carbons (Fsp3) is 0.355. The van der Waals surface area contributed by atoms with E-state index < -0.39 is 28.5 Å². The van der Waals surface area contributed by atoms with Crippen LogP contribution in [0.3, 0.4) is 0 Å². The maximum absolute atomic E-state index is 14.0. The van der Waals surface area contributed by atoms with Gasteiger partial charge in [0.1, 0.15) is 12.6 Å². The summed E-state index contributed by atoms with van der Waals surface area (Å²) in [5.74, 6) is -0.733. The number of rotatable bonds is 12. The molecule has 0 bridgehead atoms. The summed E-state index contributed by atoms with van der Waals surface area (Å²) in [4.78, 5) is 28.6. The standard InChI is InChI=1S/C31H39N3O4S/c1-6-7-18-32-31(36)26(5)33(21-27-13-11-12-23(2)19-27)30(35)22-34(29-20-24(3)16-17-25(29)4)39(37,38)28-14-9-8-10-15-28/h8-17,19-20,26H,6-7,18,21-22H2,1-5H3,(H,32,36)/t26-/m0/s1. The lowest BCUT2D eigenvalue weighted by molar-refractivity contribution is -0.139. The number of hydrogen-bond acceptors (Lipinski definition) is 4. The molecule has 0 aliphatic heterocycles. The van der Waals surface area contributed by atoms with Crippen molar-refractivity contribution in [3.8, 4) is 0 Å². The van der Waals surface area contributed by atoms with E-state index in [2.05, 4.69) is 5.32 Å². The van der Waals surface area contributed by atoms with E-state index in [1.807, 2.05) is 64.1 Å². The minimum Gasteiger partial charge on any atom is -0.354 e. The summed E-state index contributed by atoms with van der Waals surface area (Å²) in [5, 5.41) is 2.91. The smallest absolute Gasteiger partial charge is 0.264 e. The Morgan fingerprint density at radius 2 is 1.59 bits per heavy atom. The predicted molar refractivity (Wildman–Crippen MR) is 156 cm³/mol. The quantitative estimate of drug-likeness (QED) is 0.317. The van der Waals surface area contributed by atoms with E-state index in [0.717, 1.165) is 39.4 Å². The van der Waals surface area contributed by atoms with E-state index in [-0.39, 0.29) is 17.3 Å². The fourth-order valence-electron chi connectivity index (χ4n) is 4.35. The maximum Gasteiger partial charge on any atom is 0.264 e. The summed E-state index contributed by atoms with van der Waals surface area (Å²) in [6.07, 6.45) is 1.77. The number of carbonyl (C=O) groups is 2. The molecule has 0 saturated heterocycles. The van der Waals surface area contributed by atoms with Crippen LogP contribution < -0.4 is 9.62 Å². The summed E-state index contributed by atoms with van der Waals surface area (Å²) in [6.45, 7) is 9.64. The monoisotopic (exact) mass is 549 g/mol. The summed E-state index contributed by atoms with van der Waals surface area (Å²) in [7, 11) is -4.08. The van der Waals surface area contributed by atoms with E-state index in [0.29, 0.717) is 12.2 Å². The zero-order chi connectivity index (χ0) is 28.6. The van der Waals surface area contributed by atoms with Gasteiger partial charge in [-0.05, 0) is 69.0 Å². The predicted octanol–water partition coefficient (Wildman–Crippen LogP) is 5.14. The van der Waals surface area contributed by atoms with Crippen molar-refractivity contribution in [3.63, 3.8) is 0 Å². The van der Waals surface area contributed by atoms with Crippen LogP contribution in [0.5, 0.6) is 0 Å². The van der Waals surface area contributed by atoms with Crippen molar-refractivity contribution in [3.05, 3.63) is 95.1 Å². The maximum atomic E-state index is 14.0. The SMILES string of the molecule is CCCCNC(=O)[C@H](C)N(Cc1cccc(C)c1)C(=O)CN(c1cc(C)ccc1C)S(=O)(=O)c1ccccc1. The number of aryl methyl sites for hydroxylation is 3. The molecule has 0 spiro atoms. The van der Waals surface area contributed by atoms with Gasteiger partial charge in [-0.2, -0.15) is 0 Å². The molecule has 3 aromatic rings. The first-order chi connectivity index (χ1) is 18.5. The van der Waals surface area contributed by atoms with Crippen LogP contribution in [0.2, 0.25) is 0 Å². The van der Waals surface area contributed by atoms with E-state index in [1.54, 1.807) is 31.2 Å². The molecule has 3 aromatic carbocycles. The number of sulfonamides is 1. The third-order valence-electron chi connectivity index (χ3n) is 6.68. The van der Waals surface area contributed by atoms with Crippen molar-refractivity contribution >= 4 is 27.5 Å². The second kappa shape index (κ2) is 13.4. The lowest BCUT2D eigenvalue weighted by atomic mass is 10.1. The fourth-order valence-corrected chi connectivity index (χ4v) is 5.84. The summed E-state index contributed by atoms with van der Waals surface area (Å²) in [5.41, 5.74) is 3.92. The highest BCUT2D eigenvalue weighted by Gasteiger charge is 2.33. The molecule has 0 fully saturated rings. The molecule has 7 nitrogen and oxygen atoms in total. The van der Waals surface area contributed by atoms with E-state index in [4.69, 9.17) is 0 Å². The highest BCUT2D eigenvalue weighted by molar-refractivity contribution is 7.92. The molecule has 0 aromatic heterocycles. The number of amides is 2. The Balaban J connectivity index is 2.03. The number of hydrogen-bond donors (Lipinski definition) is 1. The lowest BCUT2D eigenvalue weighted by Crippen LogP contribution is -2.51. The molecule has 0 saturated carbocycles. The first-order valence-corrected chi connectivity index (χ1v) is 14.8. The Morgan fingerprint density at radius 3 is 2.26 bits per heavy atom. The summed E-state index contributed by atoms with van der Waals surface area (Å²) in [6, 6.07) is 20.6. The zero-order valence-electron chi connectivity index (χ0n) is 23.5. The topological polar surface area (TPSA) is 86.8 Å². The van der Waals surface area contributed by atoms with Crippen molar-refractivity contribution in [1.29, 1.82) is 0 Å². The second-order valence-corrected chi connectivity index (χ2v) is 11.8. The van der Waals surface area contributed by atoms with E-state index in [9.17, 15) is 18.0 Å². The average molecular weight is 550 g/mol. The van der Waals surface area contributed by atoms with Crippen LogP contribution in [0.15, 0.2) is 77.7 Å². The Bertz CT molecular complexity index is 1390. The molecular weight excluding hydrogens is 510 g/mol. The first-order valence-electron chi connectivity index (χ1n) is 13.3. The van der Waals surface area contributed by atoms with E-state index >= 15 is 0 Å². The number of nitrogens with zero attached hydrogens (tertiary/aromatic N) is 2. The highest BCUT2D eigenvalue weighted by atomic mass is 32.2. The number of unbranched alkanes of at least 4 members (excludes halogenated alkanes) is 1. The van der Waals surface area contributed by atoms with Gasteiger partial charge in [-0.1, -0.05) is 73.5 Å². The number of nitrogens with one attached hydrogen (secondary N) is 1. The summed E-state index contributed by atoms with van der Waals surface area (Å²) < 4.78 is 29.0. The Morgan fingerprint density at radius 1 is 0.897 bits per heavy atom. The molecular formula is C31H39N3O4S. The molecule has 0 heterocycles. The van der Waals surface area contributed by atoms with Crippen LogP contribution in [-0.2, 0) is 26.2 Å². The van der Waals surface area contributed by atoms with Gasteiger partial charge in [0.2, 0.25) is 11.8 Å². The largest absolute Gasteiger partial charge is 0.354 e. The molecule has 0 radical (unpaired) electrons. The molecule has 0 aliphatic carbocycles. The molecule has 0 unspecified atom stereocenters. The van der Waals surface area contributed by atoms with Crippen molar-refractivity contribution in [1.82, 2.24) is 10.2 Å². The van der Waals surface area contributed by atoms with Crippen LogP contribution in [0, 0.1) is 20.8 Å². The van der Waals surface area contributed by atoms with Crippen LogP contribution in [0.1, 0.15) is 48.9 Å². The van der Waals surface area contributed by atoms with Crippen LogP contribution in [0.25, 0.3) is 0 Å². The second-order valence-electron chi connectivity index (χ2n) is 9.95. The van der Waals surface area contributed by atoms with Crippen LogP contribution >= 0.6 is 0 Å².